The van der Waals surface area contributed by atoms with Gasteiger partial charge in [-0.25, -0.2) is 0 Å². The van der Waals surface area contributed by atoms with Crippen LogP contribution in [0.2, 0.25) is 0 Å². The van der Waals surface area contributed by atoms with Crippen LogP contribution < -0.4 is 0 Å². The first-order valence-electron chi connectivity index (χ1n) is 3.58. The molecule has 0 fully saturated rings. The summed E-state index contributed by atoms with van der Waals surface area (Å²) in [6.45, 7) is 5.44. The molecule has 0 saturated heterocycles. The number of aliphatic hydroxyl groups is 1. The summed E-state index contributed by atoms with van der Waals surface area (Å²) in [7, 11) is 0. The predicted molar refractivity (Wildman–Crippen MR) is 43.3 cm³/mol. The van der Waals surface area contributed by atoms with E-state index in [4.69, 9.17) is 4.42 Å². The zero-order valence-corrected chi connectivity index (χ0v) is 6.53. The average Bonchev–Trinajstić information content (AvgIpc) is 2.53. The van der Waals surface area contributed by atoms with Crippen molar-refractivity contribution in [3.05, 3.63) is 36.8 Å². The lowest BCUT2D eigenvalue weighted by Crippen LogP contribution is -2.11. The molecule has 1 aromatic heterocycles. The normalized spacial score (nSPS) is 15.8. The second-order valence-corrected chi connectivity index (χ2v) is 2.57. The molecule has 1 heterocycles. The lowest BCUT2D eigenvalue weighted by molar-refractivity contribution is 0.197. The molecule has 0 aliphatic heterocycles. The molecule has 0 bridgehead atoms. The minimum absolute atomic E-state index is 0.0613. The van der Waals surface area contributed by atoms with Crippen LogP contribution in [0.25, 0.3) is 0 Å². The highest BCUT2D eigenvalue weighted by molar-refractivity contribution is 5.14. The molecule has 0 aliphatic carbocycles. The summed E-state index contributed by atoms with van der Waals surface area (Å²) < 4.78 is 4.88. The maximum Gasteiger partial charge on any atom is 0.0938 e. The summed E-state index contributed by atoms with van der Waals surface area (Å²) in [6, 6.07) is 1.84. The van der Waals surface area contributed by atoms with Crippen molar-refractivity contribution in [1.29, 1.82) is 0 Å². The lowest BCUT2D eigenvalue weighted by atomic mass is 9.98. The quantitative estimate of drug-likeness (QED) is 0.671. The Balaban J connectivity index is 2.69. The van der Waals surface area contributed by atoms with Crippen LogP contribution in [0, 0.1) is 0 Å². The molecule has 2 atom stereocenters. The van der Waals surface area contributed by atoms with E-state index in [1.54, 1.807) is 12.5 Å². The second kappa shape index (κ2) is 3.39. The molecule has 0 spiro atoms. The molecule has 1 N–H and O–H groups in total. The van der Waals surface area contributed by atoms with Gasteiger partial charge < -0.3 is 9.52 Å². The SMILES string of the molecule is C=CC(O)C(C)c1ccoc1. The Labute approximate surface area is 66.2 Å². The standard InChI is InChI=1S/C9H12O2/c1-3-9(10)7(2)8-4-5-11-6-8/h3-7,9-10H,1H2,2H3. The van der Waals surface area contributed by atoms with Gasteiger partial charge in [0.1, 0.15) is 0 Å². The molecule has 11 heavy (non-hydrogen) atoms. The number of furan rings is 1. The van der Waals surface area contributed by atoms with Crippen LogP contribution in [0.1, 0.15) is 18.4 Å². The average molecular weight is 152 g/mol. The molecule has 60 valence electrons. The van der Waals surface area contributed by atoms with Crippen LogP contribution in [0.15, 0.2) is 35.7 Å². The van der Waals surface area contributed by atoms with E-state index in [1.165, 1.54) is 6.08 Å². The van der Waals surface area contributed by atoms with E-state index in [9.17, 15) is 5.11 Å². The fourth-order valence-electron chi connectivity index (χ4n) is 0.935. The van der Waals surface area contributed by atoms with Gasteiger partial charge in [-0.2, -0.15) is 0 Å². The second-order valence-electron chi connectivity index (χ2n) is 2.57. The van der Waals surface area contributed by atoms with Crippen molar-refractivity contribution < 1.29 is 9.52 Å². The monoisotopic (exact) mass is 152 g/mol. The van der Waals surface area contributed by atoms with Gasteiger partial charge in [0.2, 0.25) is 0 Å². The van der Waals surface area contributed by atoms with Gasteiger partial charge in [0.15, 0.2) is 0 Å². The Bertz CT molecular complexity index is 213. The zero-order chi connectivity index (χ0) is 8.27. The van der Waals surface area contributed by atoms with Crippen molar-refractivity contribution in [2.75, 3.05) is 0 Å². The summed E-state index contributed by atoms with van der Waals surface area (Å²) in [5, 5.41) is 9.34. The van der Waals surface area contributed by atoms with E-state index >= 15 is 0 Å². The molecule has 0 saturated carbocycles. The van der Waals surface area contributed by atoms with Crippen LogP contribution >= 0.6 is 0 Å². The van der Waals surface area contributed by atoms with Crippen molar-refractivity contribution in [2.45, 2.75) is 18.9 Å². The van der Waals surface area contributed by atoms with E-state index in [1.807, 2.05) is 13.0 Å². The Kier molecular flexibility index (Phi) is 2.49. The number of hydrogen-bond donors (Lipinski definition) is 1. The van der Waals surface area contributed by atoms with Crippen LogP contribution in [0.3, 0.4) is 0 Å². The van der Waals surface area contributed by atoms with Gasteiger partial charge in [0.05, 0.1) is 18.6 Å². The van der Waals surface area contributed by atoms with Crippen molar-refractivity contribution in [3.63, 3.8) is 0 Å². The summed E-state index contributed by atoms with van der Waals surface area (Å²) >= 11 is 0. The summed E-state index contributed by atoms with van der Waals surface area (Å²) in [4.78, 5) is 0. The van der Waals surface area contributed by atoms with Gasteiger partial charge in [0.25, 0.3) is 0 Å². The van der Waals surface area contributed by atoms with Crippen LogP contribution in [0.4, 0.5) is 0 Å². The largest absolute Gasteiger partial charge is 0.472 e. The molecular formula is C9H12O2. The molecule has 0 amide bonds. The molecular weight excluding hydrogens is 140 g/mol. The Morgan fingerprint density at radius 2 is 2.45 bits per heavy atom. The predicted octanol–water partition coefficient (Wildman–Crippen LogP) is 1.93. The summed E-state index contributed by atoms with van der Waals surface area (Å²) in [5.74, 6) is 0.0613. The van der Waals surface area contributed by atoms with E-state index in [0.29, 0.717) is 0 Å². The molecule has 0 aromatic carbocycles. The summed E-state index contributed by atoms with van der Waals surface area (Å²) in [6.07, 6.45) is 4.27. The van der Waals surface area contributed by atoms with E-state index in [2.05, 4.69) is 6.58 Å². The van der Waals surface area contributed by atoms with Gasteiger partial charge in [-0.1, -0.05) is 13.0 Å². The molecule has 0 aliphatic rings. The van der Waals surface area contributed by atoms with Crippen molar-refractivity contribution >= 4 is 0 Å². The maximum absolute atomic E-state index is 9.34. The first-order chi connectivity index (χ1) is 5.25. The van der Waals surface area contributed by atoms with Gasteiger partial charge in [-0.3, -0.25) is 0 Å². The fourth-order valence-corrected chi connectivity index (χ4v) is 0.935. The molecule has 1 rings (SSSR count). The van der Waals surface area contributed by atoms with Gasteiger partial charge in [-0.05, 0) is 11.6 Å². The third-order valence-electron chi connectivity index (χ3n) is 1.82. The minimum atomic E-state index is -0.493. The van der Waals surface area contributed by atoms with Crippen molar-refractivity contribution in [2.24, 2.45) is 0 Å². The first-order valence-corrected chi connectivity index (χ1v) is 3.58. The summed E-state index contributed by atoms with van der Waals surface area (Å²) in [5.41, 5.74) is 0.998. The first kappa shape index (κ1) is 8.08. The van der Waals surface area contributed by atoms with Crippen LogP contribution in [-0.2, 0) is 0 Å². The van der Waals surface area contributed by atoms with Gasteiger partial charge in [0, 0.05) is 5.92 Å². The van der Waals surface area contributed by atoms with E-state index < -0.39 is 6.10 Å². The van der Waals surface area contributed by atoms with Gasteiger partial charge >= 0.3 is 0 Å². The Morgan fingerprint density at radius 3 is 2.91 bits per heavy atom. The maximum atomic E-state index is 9.34. The number of aliphatic hydroxyl groups excluding tert-OH is 1. The Morgan fingerprint density at radius 1 is 1.73 bits per heavy atom. The van der Waals surface area contributed by atoms with E-state index in [-0.39, 0.29) is 5.92 Å². The smallest absolute Gasteiger partial charge is 0.0938 e. The third-order valence-corrected chi connectivity index (χ3v) is 1.82. The molecule has 2 nitrogen and oxygen atoms in total. The van der Waals surface area contributed by atoms with Crippen molar-refractivity contribution in [3.8, 4) is 0 Å². The Hall–Kier alpha value is -1.02. The molecule has 2 heteroatoms. The minimum Gasteiger partial charge on any atom is -0.472 e. The highest BCUT2D eigenvalue weighted by Crippen LogP contribution is 2.19. The molecule has 1 aromatic rings. The van der Waals surface area contributed by atoms with Crippen LogP contribution in [0.5, 0.6) is 0 Å². The zero-order valence-electron chi connectivity index (χ0n) is 6.53. The van der Waals surface area contributed by atoms with Gasteiger partial charge in [-0.15, -0.1) is 6.58 Å². The third kappa shape index (κ3) is 1.71. The number of hydrogen-bond acceptors (Lipinski definition) is 2. The molecule has 2 unspecified atom stereocenters. The van der Waals surface area contributed by atoms with E-state index in [0.717, 1.165) is 5.56 Å². The van der Waals surface area contributed by atoms with Crippen LogP contribution in [-0.4, -0.2) is 11.2 Å². The topological polar surface area (TPSA) is 33.4 Å². The highest BCUT2D eigenvalue weighted by Gasteiger charge is 2.13. The number of rotatable bonds is 3. The molecule has 0 radical (unpaired) electrons. The van der Waals surface area contributed by atoms with Crippen molar-refractivity contribution in [1.82, 2.24) is 0 Å². The lowest BCUT2D eigenvalue weighted by Gasteiger charge is -2.12. The fraction of sp³-hybridized carbons (Fsp3) is 0.333. The highest BCUT2D eigenvalue weighted by atomic mass is 16.3.